The average molecular weight is 346 g/mol. The standard InChI is InChI=1S/C14H20BrNO2S/c1-3-18-14(17)13(9-10-19-4-2)16-12-8-6-5-7-11(12)15/h5-8,13,16H,3-4,9-10H2,1-2H3. The molecule has 1 unspecified atom stereocenters. The molecule has 1 N–H and O–H groups in total. The van der Waals surface area contributed by atoms with Gasteiger partial charge in [0.1, 0.15) is 6.04 Å². The zero-order valence-corrected chi connectivity index (χ0v) is 13.7. The summed E-state index contributed by atoms with van der Waals surface area (Å²) in [6.07, 6.45) is 0.763. The fourth-order valence-corrected chi connectivity index (χ4v) is 2.69. The molecule has 0 aliphatic carbocycles. The molecule has 0 radical (unpaired) electrons. The van der Waals surface area contributed by atoms with Crippen LogP contribution in [0.3, 0.4) is 0 Å². The molecule has 1 atom stereocenters. The van der Waals surface area contributed by atoms with E-state index in [-0.39, 0.29) is 12.0 Å². The minimum atomic E-state index is -0.294. The van der Waals surface area contributed by atoms with Crippen molar-refractivity contribution in [2.24, 2.45) is 0 Å². The Bertz CT molecular complexity index is 401. The van der Waals surface area contributed by atoms with E-state index in [1.165, 1.54) is 0 Å². The lowest BCUT2D eigenvalue weighted by Gasteiger charge is -2.19. The molecule has 19 heavy (non-hydrogen) atoms. The third-order valence-electron chi connectivity index (χ3n) is 2.53. The van der Waals surface area contributed by atoms with Crippen LogP contribution in [0.25, 0.3) is 0 Å². The molecule has 0 spiro atoms. The van der Waals surface area contributed by atoms with Crippen molar-refractivity contribution in [2.75, 3.05) is 23.4 Å². The zero-order chi connectivity index (χ0) is 14.1. The maximum atomic E-state index is 11.9. The molecule has 0 aliphatic rings. The molecule has 1 aromatic rings. The van der Waals surface area contributed by atoms with Crippen molar-refractivity contribution in [1.29, 1.82) is 0 Å². The van der Waals surface area contributed by atoms with Crippen LogP contribution in [0.4, 0.5) is 5.69 Å². The van der Waals surface area contributed by atoms with Gasteiger partial charge in [-0.3, -0.25) is 0 Å². The van der Waals surface area contributed by atoms with Gasteiger partial charge in [0.15, 0.2) is 0 Å². The van der Waals surface area contributed by atoms with Gasteiger partial charge in [-0.1, -0.05) is 19.1 Å². The summed E-state index contributed by atoms with van der Waals surface area (Å²) >= 11 is 5.30. The van der Waals surface area contributed by atoms with Crippen molar-refractivity contribution >= 4 is 39.3 Å². The highest BCUT2D eigenvalue weighted by Gasteiger charge is 2.19. The van der Waals surface area contributed by atoms with E-state index in [1.807, 2.05) is 43.0 Å². The third-order valence-corrected chi connectivity index (χ3v) is 4.15. The Hall–Kier alpha value is -0.680. The Balaban J connectivity index is 2.67. The minimum absolute atomic E-state index is 0.185. The molecule has 0 saturated heterocycles. The number of carbonyl (C=O) groups is 1. The molecule has 106 valence electrons. The number of carbonyl (C=O) groups excluding carboxylic acids is 1. The van der Waals surface area contributed by atoms with E-state index in [9.17, 15) is 4.79 Å². The van der Waals surface area contributed by atoms with Gasteiger partial charge in [-0.2, -0.15) is 11.8 Å². The summed E-state index contributed by atoms with van der Waals surface area (Å²) in [6.45, 7) is 4.35. The first-order valence-corrected chi connectivity index (χ1v) is 8.39. The maximum Gasteiger partial charge on any atom is 0.328 e. The summed E-state index contributed by atoms with van der Waals surface area (Å²) in [5, 5.41) is 3.26. The molecular weight excluding hydrogens is 326 g/mol. The monoisotopic (exact) mass is 345 g/mol. The van der Waals surface area contributed by atoms with Gasteiger partial charge in [-0.25, -0.2) is 4.79 Å². The number of anilines is 1. The highest BCUT2D eigenvalue weighted by Crippen LogP contribution is 2.23. The topological polar surface area (TPSA) is 38.3 Å². The molecular formula is C14H20BrNO2S. The second-order valence-corrected chi connectivity index (χ2v) is 6.16. The Morgan fingerprint density at radius 3 is 2.79 bits per heavy atom. The summed E-state index contributed by atoms with van der Waals surface area (Å²) in [6, 6.07) is 7.49. The fourth-order valence-electron chi connectivity index (χ4n) is 1.60. The first-order valence-electron chi connectivity index (χ1n) is 6.44. The third kappa shape index (κ3) is 5.87. The number of para-hydroxylation sites is 1. The van der Waals surface area contributed by atoms with Crippen molar-refractivity contribution in [1.82, 2.24) is 0 Å². The summed E-state index contributed by atoms with van der Waals surface area (Å²) in [4.78, 5) is 11.9. The minimum Gasteiger partial charge on any atom is -0.464 e. The summed E-state index contributed by atoms with van der Waals surface area (Å²) in [5.74, 6) is 1.82. The predicted molar refractivity (Wildman–Crippen MR) is 85.8 cm³/mol. The molecule has 1 rings (SSSR count). The Labute approximate surface area is 127 Å². The first-order chi connectivity index (χ1) is 9.19. The lowest BCUT2D eigenvalue weighted by Crippen LogP contribution is -2.32. The highest BCUT2D eigenvalue weighted by molar-refractivity contribution is 9.10. The molecule has 5 heteroatoms. The molecule has 0 aromatic heterocycles. The van der Waals surface area contributed by atoms with Crippen LogP contribution < -0.4 is 5.32 Å². The molecule has 0 aliphatic heterocycles. The average Bonchev–Trinajstić information content (AvgIpc) is 2.40. The van der Waals surface area contributed by atoms with Gasteiger partial charge in [0, 0.05) is 10.2 Å². The van der Waals surface area contributed by atoms with E-state index < -0.39 is 0 Å². The van der Waals surface area contributed by atoms with Crippen LogP contribution in [0, 0.1) is 0 Å². The number of halogens is 1. The van der Waals surface area contributed by atoms with E-state index in [1.54, 1.807) is 0 Å². The summed E-state index contributed by atoms with van der Waals surface area (Å²) in [7, 11) is 0. The van der Waals surface area contributed by atoms with Gasteiger partial charge in [-0.05, 0) is 52.9 Å². The van der Waals surface area contributed by atoms with Crippen molar-refractivity contribution in [3.8, 4) is 0 Å². The van der Waals surface area contributed by atoms with Crippen molar-refractivity contribution in [3.63, 3.8) is 0 Å². The van der Waals surface area contributed by atoms with Gasteiger partial charge in [0.2, 0.25) is 0 Å². The van der Waals surface area contributed by atoms with Crippen LogP contribution in [0.15, 0.2) is 28.7 Å². The highest BCUT2D eigenvalue weighted by atomic mass is 79.9. The van der Waals surface area contributed by atoms with Crippen molar-refractivity contribution < 1.29 is 9.53 Å². The number of rotatable bonds is 8. The molecule has 0 heterocycles. The lowest BCUT2D eigenvalue weighted by molar-refractivity contribution is -0.144. The van der Waals surface area contributed by atoms with Crippen LogP contribution in [-0.2, 0) is 9.53 Å². The summed E-state index contributed by atoms with van der Waals surface area (Å²) < 4.78 is 6.07. The second-order valence-electron chi connectivity index (χ2n) is 3.91. The Kier molecular flexibility index (Phi) is 7.98. The molecule has 0 amide bonds. The smallest absolute Gasteiger partial charge is 0.328 e. The van der Waals surface area contributed by atoms with E-state index in [0.717, 1.165) is 28.1 Å². The van der Waals surface area contributed by atoms with E-state index in [2.05, 4.69) is 28.2 Å². The SMILES string of the molecule is CCOC(=O)C(CCSCC)Nc1ccccc1Br. The number of nitrogens with one attached hydrogen (secondary N) is 1. The van der Waals surface area contributed by atoms with Gasteiger partial charge in [0.05, 0.1) is 6.61 Å². The van der Waals surface area contributed by atoms with Crippen LogP contribution >= 0.6 is 27.7 Å². The zero-order valence-electron chi connectivity index (χ0n) is 11.3. The van der Waals surface area contributed by atoms with Gasteiger partial charge in [0.25, 0.3) is 0 Å². The maximum absolute atomic E-state index is 11.9. The van der Waals surface area contributed by atoms with Crippen LogP contribution in [0.2, 0.25) is 0 Å². The van der Waals surface area contributed by atoms with Crippen LogP contribution in [0.1, 0.15) is 20.3 Å². The Morgan fingerprint density at radius 2 is 2.16 bits per heavy atom. The number of benzene rings is 1. The first kappa shape index (κ1) is 16.4. The van der Waals surface area contributed by atoms with Gasteiger partial charge < -0.3 is 10.1 Å². The van der Waals surface area contributed by atoms with Crippen molar-refractivity contribution in [3.05, 3.63) is 28.7 Å². The van der Waals surface area contributed by atoms with E-state index in [4.69, 9.17) is 4.74 Å². The predicted octanol–water partition coefficient (Wildman–Crippen LogP) is 3.94. The molecule has 1 aromatic carbocycles. The largest absolute Gasteiger partial charge is 0.464 e. The normalized spacial score (nSPS) is 11.9. The fraction of sp³-hybridized carbons (Fsp3) is 0.500. The number of esters is 1. The molecule has 3 nitrogen and oxygen atoms in total. The van der Waals surface area contributed by atoms with Crippen LogP contribution in [0.5, 0.6) is 0 Å². The van der Waals surface area contributed by atoms with Crippen molar-refractivity contribution in [2.45, 2.75) is 26.3 Å². The second kappa shape index (κ2) is 9.26. The molecule has 0 bridgehead atoms. The van der Waals surface area contributed by atoms with Crippen LogP contribution in [-0.4, -0.2) is 30.1 Å². The van der Waals surface area contributed by atoms with E-state index in [0.29, 0.717) is 6.61 Å². The van der Waals surface area contributed by atoms with E-state index >= 15 is 0 Å². The van der Waals surface area contributed by atoms with Gasteiger partial charge >= 0.3 is 5.97 Å². The quantitative estimate of drug-likeness (QED) is 0.572. The lowest BCUT2D eigenvalue weighted by atomic mass is 10.2. The number of ether oxygens (including phenoxy) is 1. The molecule has 0 saturated carbocycles. The molecule has 0 fully saturated rings. The van der Waals surface area contributed by atoms with Gasteiger partial charge in [-0.15, -0.1) is 0 Å². The summed E-state index contributed by atoms with van der Waals surface area (Å²) in [5.41, 5.74) is 0.919. The number of hydrogen-bond donors (Lipinski definition) is 1. The number of hydrogen-bond acceptors (Lipinski definition) is 4. The Morgan fingerprint density at radius 1 is 1.42 bits per heavy atom. The number of thioether (sulfide) groups is 1.